The third-order valence-corrected chi connectivity index (χ3v) is 3.62. The largest absolute Gasteiger partial charge is 0.496 e. The SMILES string of the molecule is C=C(C)C=O.C=CC(=O)Oc1ccc2ccc3c(OC)cccc3c2c1.CC. The predicted molar refractivity (Wildman–Crippen MR) is 116 cm³/mol. The maximum absolute atomic E-state index is 11.3. The summed E-state index contributed by atoms with van der Waals surface area (Å²) in [4.78, 5) is 20.7. The van der Waals surface area contributed by atoms with Crippen molar-refractivity contribution >= 4 is 33.8 Å². The van der Waals surface area contributed by atoms with E-state index in [4.69, 9.17) is 9.47 Å². The number of hydrogen-bond donors (Lipinski definition) is 0. The average molecular weight is 378 g/mol. The van der Waals surface area contributed by atoms with Crippen molar-refractivity contribution in [3.63, 3.8) is 0 Å². The maximum atomic E-state index is 11.3. The van der Waals surface area contributed by atoms with Gasteiger partial charge in [-0.3, -0.25) is 4.79 Å². The lowest BCUT2D eigenvalue weighted by Crippen LogP contribution is -2.02. The molecule has 0 aliphatic rings. The fraction of sp³-hybridized carbons (Fsp3) is 0.167. The number of esters is 1. The fourth-order valence-corrected chi connectivity index (χ4v) is 2.44. The van der Waals surface area contributed by atoms with E-state index in [2.05, 4.69) is 13.2 Å². The molecule has 0 fully saturated rings. The number of rotatable bonds is 4. The van der Waals surface area contributed by atoms with Crippen LogP contribution in [0, 0.1) is 0 Å². The van der Waals surface area contributed by atoms with Crippen LogP contribution in [0.2, 0.25) is 0 Å². The smallest absolute Gasteiger partial charge is 0.335 e. The highest BCUT2D eigenvalue weighted by Crippen LogP contribution is 2.33. The molecule has 0 heterocycles. The first-order chi connectivity index (χ1) is 13.5. The van der Waals surface area contributed by atoms with Crippen molar-refractivity contribution < 1.29 is 19.1 Å². The molecule has 146 valence electrons. The molecule has 4 nitrogen and oxygen atoms in total. The van der Waals surface area contributed by atoms with Crippen molar-refractivity contribution in [3.8, 4) is 11.5 Å². The van der Waals surface area contributed by atoms with Crippen molar-refractivity contribution in [2.45, 2.75) is 20.8 Å². The second-order valence-electron chi connectivity index (χ2n) is 5.59. The minimum atomic E-state index is -0.466. The van der Waals surface area contributed by atoms with Crippen LogP contribution in [0.5, 0.6) is 11.5 Å². The van der Waals surface area contributed by atoms with E-state index in [0.29, 0.717) is 11.3 Å². The van der Waals surface area contributed by atoms with Crippen LogP contribution in [0.15, 0.2) is 73.3 Å². The Labute approximate surface area is 166 Å². The molecule has 0 N–H and O–H groups in total. The molecule has 0 spiro atoms. The standard InChI is InChI=1S/C18H14O3.C4H6O.C2H6/c1-3-18(19)21-13-9-7-12-8-10-15-14(16(12)11-13)5-4-6-17(15)20-2;1-4(2)3-5;1-2/h3-11H,1H2,2H3;3H,1H2,2H3;1-2H3. The molecule has 3 rings (SSSR count). The Bertz CT molecular complexity index is 986. The first-order valence-corrected chi connectivity index (χ1v) is 8.94. The number of methoxy groups -OCH3 is 1. The molecule has 0 radical (unpaired) electrons. The molecule has 0 aliphatic carbocycles. The molecule has 4 heteroatoms. The third kappa shape index (κ3) is 5.81. The predicted octanol–water partition coefficient (Wildman–Crippen LogP) is 5.88. The lowest BCUT2D eigenvalue weighted by molar-refractivity contribution is -0.128. The molecule has 3 aromatic rings. The Hall–Kier alpha value is -3.40. The number of carbonyl (C=O) groups excluding carboxylic acids is 2. The maximum Gasteiger partial charge on any atom is 0.335 e. The highest BCUT2D eigenvalue weighted by atomic mass is 16.5. The number of carbonyl (C=O) groups is 2. The van der Waals surface area contributed by atoms with Gasteiger partial charge in [0.15, 0.2) is 0 Å². The number of hydrogen-bond acceptors (Lipinski definition) is 4. The van der Waals surface area contributed by atoms with E-state index in [9.17, 15) is 9.59 Å². The summed E-state index contributed by atoms with van der Waals surface area (Å²) in [6.45, 7) is 12.4. The van der Waals surface area contributed by atoms with Gasteiger partial charge in [-0.05, 0) is 46.9 Å². The molecule has 3 aromatic carbocycles. The Balaban J connectivity index is 0.000000490. The fourth-order valence-electron chi connectivity index (χ4n) is 2.44. The van der Waals surface area contributed by atoms with Crippen molar-refractivity contribution in [1.82, 2.24) is 0 Å². The molecule has 0 aromatic heterocycles. The summed E-state index contributed by atoms with van der Waals surface area (Å²) in [5, 5.41) is 4.18. The third-order valence-electron chi connectivity index (χ3n) is 3.62. The van der Waals surface area contributed by atoms with E-state index in [0.717, 1.165) is 39.7 Å². The van der Waals surface area contributed by atoms with Gasteiger partial charge in [0.25, 0.3) is 0 Å². The molecule has 0 atom stereocenters. The topological polar surface area (TPSA) is 52.6 Å². The van der Waals surface area contributed by atoms with Gasteiger partial charge in [-0.2, -0.15) is 0 Å². The monoisotopic (exact) mass is 378 g/mol. The summed E-state index contributed by atoms with van der Waals surface area (Å²) in [6.07, 6.45) is 1.87. The van der Waals surface area contributed by atoms with Crippen LogP contribution in [0.1, 0.15) is 20.8 Å². The molecular weight excluding hydrogens is 352 g/mol. The second kappa shape index (κ2) is 11.3. The van der Waals surface area contributed by atoms with Crippen molar-refractivity contribution in [1.29, 1.82) is 0 Å². The Morgan fingerprint density at radius 2 is 1.64 bits per heavy atom. The molecule has 0 bridgehead atoms. The summed E-state index contributed by atoms with van der Waals surface area (Å²) in [5.41, 5.74) is 0.574. The summed E-state index contributed by atoms with van der Waals surface area (Å²) in [6, 6.07) is 15.5. The first kappa shape index (κ1) is 22.6. The van der Waals surface area contributed by atoms with Gasteiger partial charge in [-0.25, -0.2) is 4.79 Å². The van der Waals surface area contributed by atoms with E-state index >= 15 is 0 Å². The zero-order valence-corrected chi connectivity index (χ0v) is 16.8. The Morgan fingerprint density at radius 1 is 1.00 bits per heavy atom. The van der Waals surface area contributed by atoms with Crippen LogP contribution < -0.4 is 9.47 Å². The van der Waals surface area contributed by atoms with Gasteiger partial charge in [0.1, 0.15) is 17.8 Å². The summed E-state index contributed by atoms with van der Waals surface area (Å²) < 4.78 is 10.6. The van der Waals surface area contributed by atoms with Crippen molar-refractivity contribution in [3.05, 3.63) is 73.3 Å². The molecule has 0 aliphatic heterocycles. The van der Waals surface area contributed by atoms with Crippen molar-refractivity contribution in [2.75, 3.05) is 7.11 Å². The first-order valence-electron chi connectivity index (χ1n) is 8.94. The minimum Gasteiger partial charge on any atom is -0.496 e. The van der Waals surface area contributed by atoms with Gasteiger partial charge in [0.2, 0.25) is 0 Å². The highest BCUT2D eigenvalue weighted by Gasteiger charge is 2.07. The summed E-state index contributed by atoms with van der Waals surface area (Å²) in [5.74, 6) is 0.859. The zero-order chi connectivity index (χ0) is 21.1. The van der Waals surface area contributed by atoms with Gasteiger partial charge in [0, 0.05) is 11.5 Å². The van der Waals surface area contributed by atoms with Gasteiger partial charge in [-0.15, -0.1) is 0 Å². The summed E-state index contributed by atoms with van der Waals surface area (Å²) in [7, 11) is 1.65. The lowest BCUT2D eigenvalue weighted by atomic mass is 10.0. The van der Waals surface area contributed by atoms with Crippen molar-refractivity contribution in [2.24, 2.45) is 0 Å². The molecule has 0 amide bonds. The number of ether oxygens (including phenoxy) is 2. The van der Waals surface area contributed by atoms with Gasteiger partial charge in [-0.1, -0.05) is 57.3 Å². The number of fused-ring (bicyclic) bond motifs is 3. The number of benzene rings is 3. The van der Waals surface area contributed by atoms with E-state index in [1.165, 1.54) is 0 Å². The second-order valence-corrected chi connectivity index (χ2v) is 5.59. The van der Waals surface area contributed by atoms with E-state index < -0.39 is 5.97 Å². The quantitative estimate of drug-likeness (QED) is 0.187. The van der Waals surface area contributed by atoms with Crippen LogP contribution in [0.4, 0.5) is 0 Å². The van der Waals surface area contributed by atoms with Crippen LogP contribution >= 0.6 is 0 Å². The minimum absolute atomic E-state index is 0.466. The highest BCUT2D eigenvalue weighted by molar-refractivity contribution is 6.09. The van der Waals surface area contributed by atoms with E-state index in [1.54, 1.807) is 20.1 Å². The molecular formula is C24H26O4. The molecule has 0 saturated heterocycles. The van der Waals surface area contributed by atoms with E-state index in [1.807, 2.05) is 56.3 Å². The number of aldehydes is 1. The molecule has 0 saturated carbocycles. The van der Waals surface area contributed by atoms with Gasteiger partial charge >= 0.3 is 5.97 Å². The van der Waals surface area contributed by atoms with Gasteiger partial charge in [0.05, 0.1) is 7.11 Å². The Kier molecular flexibility index (Phi) is 9.17. The molecule has 0 unspecified atom stereocenters. The molecule has 28 heavy (non-hydrogen) atoms. The normalized spacial score (nSPS) is 9.29. The lowest BCUT2D eigenvalue weighted by Gasteiger charge is -2.09. The van der Waals surface area contributed by atoms with Crippen LogP contribution in [-0.2, 0) is 9.59 Å². The Morgan fingerprint density at radius 3 is 2.21 bits per heavy atom. The van der Waals surface area contributed by atoms with E-state index in [-0.39, 0.29) is 0 Å². The van der Waals surface area contributed by atoms with Crippen LogP contribution in [-0.4, -0.2) is 19.4 Å². The van der Waals surface area contributed by atoms with Crippen LogP contribution in [0.25, 0.3) is 21.5 Å². The average Bonchev–Trinajstić information content (AvgIpc) is 2.74. The zero-order valence-electron chi connectivity index (χ0n) is 16.8. The summed E-state index contributed by atoms with van der Waals surface area (Å²) >= 11 is 0. The van der Waals surface area contributed by atoms with Crippen LogP contribution in [0.3, 0.4) is 0 Å². The van der Waals surface area contributed by atoms with Gasteiger partial charge < -0.3 is 9.47 Å². The number of allylic oxidation sites excluding steroid dienone is 1.